The third-order valence-electron chi connectivity index (χ3n) is 11.7. The highest BCUT2D eigenvalue weighted by Crippen LogP contribution is 2.38. The first-order valence-electron chi connectivity index (χ1n) is 26.8. The largest absolute Gasteiger partial charge is 0.756 e. The van der Waals surface area contributed by atoms with Crippen molar-refractivity contribution < 1.29 is 32.9 Å². The summed E-state index contributed by atoms with van der Waals surface area (Å²) in [6, 6.07) is -0.798. The second-order valence-corrected chi connectivity index (χ2v) is 20.6. The molecule has 65 heavy (non-hydrogen) atoms. The Kier molecular flexibility index (Phi) is 45.5. The van der Waals surface area contributed by atoms with Crippen LogP contribution in [0.1, 0.15) is 226 Å². The summed E-state index contributed by atoms with van der Waals surface area (Å²) in [6.45, 7) is 4.53. The molecule has 0 heterocycles. The molecule has 0 aromatic heterocycles. The molecular weight excluding hydrogens is 828 g/mol. The molecule has 0 aliphatic rings. The first-order valence-corrected chi connectivity index (χ1v) is 28.2. The number of aliphatic hydroxyl groups is 1. The van der Waals surface area contributed by atoms with Crippen LogP contribution >= 0.6 is 7.82 Å². The number of carbonyl (C=O) groups is 1. The zero-order chi connectivity index (χ0) is 47.8. The molecule has 0 bridgehead atoms. The number of aliphatic hydroxyl groups excluding tert-OH is 1. The molecule has 0 saturated heterocycles. The van der Waals surface area contributed by atoms with Crippen molar-refractivity contribution in [1.29, 1.82) is 0 Å². The van der Waals surface area contributed by atoms with Crippen molar-refractivity contribution in [2.24, 2.45) is 0 Å². The van der Waals surface area contributed by atoms with Gasteiger partial charge in [-0.3, -0.25) is 9.36 Å². The number of allylic oxidation sites excluding steroid dienone is 12. The maximum Gasteiger partial charge on any atom is 0.268 e. The van der Waals surface area contributed by atoms with Crippen LogP contribution in [-0.2, 0) is 18.4 Å². The van der Waals surface area contributed by atoms with Crippen LogP contribution in [0.25, 0.3) is 0 Å². The van der Waals surface area contributed by atoms with Crippen LogP contribution in [0.3, 0.4) is 0 Å². The quantitative estimate of drug-likeness (QED) is 0.0272. The van der Waals surface area contributed by atoms with Crippen molar-refractivity contribution in [3.8, 4) is 0 Å². The van der Waals surface area contributed by atoms with Crippen molar-refractivity contribution in [1.82, 2.24) is 5.32 Å². The Labute approximate surface area is 402 Å². The number of hydrogen-bond donors (Lipinski definition) is 2. The summed E-state index contributed by atoms with van der Waals surface area (Å²) < 4.78 is 23.2. The van der Waals surface area contributed by atoms with Gasteiger partial charge in [0.25, 0.3) is 7.82 Å². The molecule has 1 amide bonds. The van der Waals surface area contributed by atoms with E-state index in [4.69, 9.17) is 9.05 Å². The minimum atomic E-state index is -4.55. The second-order valence-electron chi connectivity index (χ2n) is 19.2. The number of nitrogens with one attached hydrogen (secondary N) is 1. The highest BCUT2D eigenvalue weighted by atomic mass is 31.2. The lowest BCUT2D eigenvalue weighted by atomic mass is 10.0. The fourth-order valence-corrected chi connectivity index (χ4v) is 8.24. The third kappa shape index (κ3) is 49.7. The average molecular weight is 931 g/mol. The van der Waals surface area contributed by atoms with Gasteiger partial charge in [-0.05, 0) is 64.2 Å². The van der Waals surface area contributed by atoms with E-state index in [9.17, 15) is 19.4 Å². The number of carbonyl (C=O) groups excluding carboxylic acids is 1. The fourth-order valence-electron chi connectivity index (χ4n) is 7.51. The topological polar surface area (TPSA) is 108 Å². The maximum absolute atomic E-state index is 12.8. The first kappa shape index (κ1) is 62.9. The van der Waals surface area contributed by atoms with E-state index >= 15 is 0 Å². The van der Waals surface area contributed by atoms with Gasteiger partial charge in [0.1, 0.15) is 13.2 Å². The molecule has 0 aliphatic carbocycles. The van der Waals surface area contributed by atoms with Gasteiger partial charge in [-0.15, -0.1) is 0 Å². The van der Waals surface area contributed by atoms with Gasteiger partial charge >= 0.3 is 0 Å². The Morgan fingerprint density at radius 3 is 1.37 bits per heavy atom. The first-order chi connectivity index (χ1) is 31.5. The van der Waals surface area contributed by atoms with Crippen LogP contribution in [0.5, 0.6) is 0 Å². The monoisotopic (exact) mass is 931 g/mol. The minimum Gasteiger partial charge on any atom is -0.756 e. The minimum absolute atomic E-state index is 0.0106. The Morgan fingerprint density at radius 2 is 0.938 bits per heavy atom. The van der Waals surface area contributed by atoms with Crippen molar-refractivity contribution in [2.45, 2.75) is 238 Å². The van der Waals surface area contributed by atoms with Gasteiger partial charge in [0.2, 0.25) is 5.91 Å². The number of phosphoric ester groups is 1. The Morgan fingerprint density at radius 1 is 0.554 bits per heavy atom. The van der Waals surface area contributed by atoms with E-state index in [1.165, 1.54) is 122 Å². The van der Waals surface area contributed by atoms with Gasteiger partial charge in [-0.2, -0.15) is 0 Å². The summed E-state index contributed by atoms with van der Waals surface area (Å²) >= 11 is 0. The van der Waals surface area contributed by atoms with E-state index in [1.54, 1.807) is 0 Å². The van der Waals surface area contributed by atoms with Crippen LogP contribution in [0, 0.1) is 0 Å². The lowest BCUT2D eigenvalue weighted by Crippen LogP contribution is -2.46. The molecule has 0 spiro atoms. The fraction of sp³-hybridized carbons (Fsp3) is 0.768. The van der Waals surface area contributed by atoms with Gasteiger partial charge in [-0.25, -0.2) is 0 Å². The number of phosphoric acid groups is 1. The summed E-state index contributed by atoms with van der Waals surface area (Å²) in [5.41, 5.74) is 0. The van der Waals surface area contributed by atoms with Crippen molar-refractivity contribution >= 4 is 13.7 Å². The molecular formula is C56H103N2O6P. The maximum atomic E-state index is 12.8. The van der Waals surface area contributed by atoms with Gasteiger partial charge in [0, 0.05) is 6.42 Å². The third-order valence-corrected chi connectivity index (χ3v) is 12.7. The molecule has 0 aromatic rings. The number of likely N-dealkylation sites (N-methyl/N-ethyl adjacent to an activating group) is 1. The molecule has 9 heteroatoms. The lowest BCUT2D eigenvalue weighted by molar-refractivity contribution is -0.870. The number of rotatable bonds is 48. The number of unbranched alkanes of at least 4 members (excludes halogenated alkanes) is 23. The number of hydrogen-bond acceptors (Lipinski definition) is 6. The second kappa shape index (κ2) is 47.0. The van der Waals surface area contributed by atoms with Gasteiger partial charge in [0.15, 0.2) is 0 Å². The SMILES string of the molecule is CC/C=C\C/C=C\C/C=C\C/C=C\C/C=C\C/C=C\CCCCCCCCCCCCCCCCCCCCC(=O)NC(COP(=O)([O-])OCC[N+](C)(C)C)C(O)CCCCCCCC. The van der Waals surface area contributed by atoms with Gasteiger partial charge in [-0.1, -0.05) is 228 Å². The van der Waals surface area contributed by atoms with Crippen LogP contribution in [0.15, 0.2) is 72.9 Å². The summed E-state index contributed by atoms with van der Waals surface area (Å²) in [6.07, 6.45) is 64.1. The van der Waals surface area contributed by atoms with Crippen LogP contribution in [0.2, 0.25) is 0 Å². The number of nitrogens with zero attached hydrogens (tertiary/aromatic N) is 1. The molecule has 0 radical (unpaired) electrons. The van der Waals surface area contributed by atoms with E-state index < -0.39 is 20.0 Å². The van der Waals surface area contributed by atoms with E-state index in [0.717, 1.165) is 77.0 Å². The Hall–Kier alpha value is -2.06. The highest BCUT2D eigenvalue weighted by molar-refractivity contribution is 7.45. The summed E-state index contributed by atoms with van der Waals surface area (Å²) in [5, 5.41) is 13.8. The standard InChI is InChI=1S/C56H103N2O6P/c1-6-8-10-12-14-15-16-17-18-19-20-21-22-23-24-25-26-27-28-29-30-31-32-33-34-35-36-37-38-39-40-41-42-43-44-46-48-50-56(60)57-54(55(59)49-47-45-13-11-9-7-2)53-64-65(61,62)63-52-51-58(3,4)5/h8,10,14-15,17-18,20-21,23-24,26-27,54-55,59H,6-7,9,11-13,16,19,22,25,28-53H2,1-5H3,(H-,57,60,61,62)/b10-8-,15-14-,18-17-,21-20-,24-23-,27-26-. The zero-order valence-electron chi connectivity index (χ0n) is 42.9. The molecule has 0 aliphatic heterocycles. The Bertz CT molecular complexity index is 1290. The molecule has 0 saturated carbocycles. The van der Waals surface area contributed by atoms with Gasteiger partial charge in [0.05, 0.1) is 39.9 Å². The average Bonchev–Trinajstić information content (AvgIpc) is 3.26. The molecule has 378 valence electrons. The van der Waals surface area contributed by atoms with E-state index in [1.807, 2.05) is 21.1 Å². The number of amides is 1. The molecule has 2 N–H and O–H groups in total. The predicted molar refractivity (Wildman–Crippen MR) is 279 cm³/mol. The normalized spacial score (nSPS) is 14.6. The molecule has 0 rings (SSSR count). The van der Waals surface area contributed by atoms with E-state index in [0.29, 0.717) is 23.9 Å². The Balaban J connectivity index is 3.82. The smallest absolute Gasteiger partial charge is 0.268 e. The molecule has 0 aromatic carbocycles. The van der Waals surface area contributed by atoms with Crippen molar-refractivity contribution in [3.63, 3.8) is 0 Å². The van der Waals surface area contributed by atoms with Crippen LogP contribution in [0.4, 0.5) is 0 Å². The molecule has 3 atom stereocenters. The summed E-state index contributed by atoms with van der Waals surface area (Å²) in [7, 11) is 1.30. The van der Waals surface area contributed by atoms with Crippen molar-refractivity contribution in [2.75, 3.05) is 40.9 Å². The molecule has 0 fully saturated rings. The molecule has 3 unspecified atom stereocenters. The van der Waals surface area contributed by atoms with E-state index in [-0.39, 0.29) is 19.1 Å². The summed E-state index contributed by atoms with van der Waals surface area (Å²) in [5.74, 6) is -0.171. The van der Waals surface area contributed by atoms with Crippen LogP contribution in [-0.4, -0.2) is 68.5 Å². The summed E-state index contributed by atoms with van der Waals surface area (Å²) in [4.78, 5) is 25.2. The lowest BCUT2D eigenvalue weighted by Gasteiger charge is -2.30. The highest BCUT2D eigenvalue weighted by Gasteiger charge is 2.24. The zero-order valence-corrected chi connectivity index (χ0v) is 43.8. The van der Waals surface area contributed by atoms with E-state index in [2.05, 4.69) is 92.1 Å². The van der Waals surface area contributed by atoms with Crippen LogP contribution < -0.4 is 10.2 Å². The predicted octanol–water partition coefficient (Wildman–Crippen LogP) is 15.3. The molecule has 8 nitrogen and oxygen atoms in total. The number of quaternary nitrogens is 1. The van der Waals surface area contributed by atoms with Crippen molar-refractivity contribution in [3.05, 3.63) is 72.9 Å². The van der Waals surface area contributed by atoms with Gasteiger partial charge < -0.3 is 28.8 Å².